The van der Waals surface area contributed by atoms with Gasteiger partial charge in [-0.25, -0.2) is 10.8 Å². The Morgan fingerprint density at radius 3 is 2.82 bits per heavy atom. The lowest BCUT2D eigenvalue weighted by atomic mass is 10.2. The van der Waals surface area contributed by atoms with Crippen LogP contribution in [0.2, 0.25) is 0 Å². The van der Waals surface area contributed by atoms with E-state index in [0.29, 0.717) is 6.04 Å². The van der Waals surface area contributed by atoms with E-state index >= 15 is 0 Å². The molecule has 3 N–H and O–H groups in total. The minimum Gasteiger partial charge on any atom is -0.306 e. The number of rotatable bonds is 2. The van der Waals surface area contributed by atoms with Crippen molar-refractivity contribution in [1.29, 1.82) is 0 Å². The number of fused-ring (bicyclic) bond motifs is 1. The fourth-order valence-corrected chi connectivity index (χ4v) is 2.94. The van der Waals surface area contributed by atoms with Gasteiger partial charge in [-0.3, -0.25) is 5.43 Å². The molecule has 1 heterocycles. The summed E-state index contributed by atoms with van der Waals surface area (Å²) in [5, 5.41) is 0. The van der Waals surface area contributed by atoms with Crippen molar-refractivity contribution in [2.75, 3.05) is 5.43 Å². The molecule has 1 aromatic carbocycles. The maximum atomic E-state index is 5.60. The van der Waals surface area contributed by atoms with E-state index in [9.17, 15) is 0 Å². The molecule has 4 heteroatoms. The number of nitrogen functional groups attached to an aromatic ring is 1. The second-order valence-corrected chi connectivity index (χ2v) is 4.83. The molecule has 1 aromatic heterocycles. The summed E-state index contributed by atoms with van der Waals surface area (Å²) in [5.41, 5.74) is 6.27. The summed E-state index contributed by atoms with van der Waals surface area (Å²) >= 11 is 0. The van der Waals surface area contributed by atoms with Gasteiger partial charge in [0.15, 0.2) is 0 Å². The number of hydrogen-bond donors (Lipinski definition) is 2. The highest BCUT2D eigenvalue weighted by Gasteiger charge is 2.22. The number of nitrogens with zero attached hydrogens (tertiary/aromatic N) is 2. The summed E-state index contributed by atoms with van der Waals surface area (Å²) in [4.78, 5) is 4.56. The predicted octanol–water partition coefficient (Wildman–Crippen LogP) is 2.75. The van der Waals surface area contributed by atoms with Crippen molar-refractivity contribution >= 4 is 17.0 Å². The van der Waals surface area contributed by atoms with Crippen LogP contribution in [0.5, 0.6) is 0 Å². The molecule has 90 valence electrons. The summed E-state index contributed by atoms with van der Waals surface area (Å²) in [5.74, 6) is 6.39. The minimum absolute atomic E-state index is 0.548. The van der Waals surface area contributed by atoms with Gasteiger partial charge in [0.05, 0.1) is 11.0 Å². The van der Waals surface area contributed by atoms with Gasteiger partial charge in [0, 0.05) is 6.04 Å². The van der Waals surface area contributed by atoms with Crippen molar-refractivity contribution in [3.63, 3.8) is 0 Å². The van der Waals surface area contributed by atoms with Crippen molar-refractivity contribution < 1.29 is 0 Å². The molecule has 17 heavy (non-hydrogen) atoms. The average molecular weight is 230 g/mol. The first-order valence-electron chi connectivity index (χ1n) is 6.25. The largest absolute Gasteiger partial charge is 0.306 e. The number of para-hydroxylation sites is 1. The number of benzene rings is 1. The third-order valence-corrected chi connectivity index (χ3v) is 3.73. The Hall–Kier alpha value is -1.55. The van der Waals surface area contributed by atoms with E-state index in [1.54, 1.807) is 0 Å². The summed E-state index contributed by atoms with van der Waals surface area (Å²) in [6.07, 6.45) is 5.07. The Morgan fingerprint density at radius 1 is 1.35 bits per heavy atom. The van der Waals surface area contributed by atoms with Crippen LogP contribution in [-0.2, 0) is 0 Å². The van der Waals surface area contributed by atoms with Gasteiger partial charge in [0.1, 0.15) is 0 Å². The first-order chi connectivity index (χ1) is 8.31. The van der Waals surface area contributed by atoms with Gasteiger partial charge in [-0.2, -0.15) is 0 Å². The van der Waals surface area contributed by atoms with E-state index in [0.717, 1.165) is 11.5 Å². The van der Waals surface area contributed by atoms with Crippen LogP contribution < -0.4 is 11.3 Å². The molecule has 0 atom stereocenters. The van der Waals surface area contributed by atoms with Crippen molar-refractivity contribution in [2.45, 2.75) is 38.6 Å². The van der Waals surface area contributed by atoms with Crippen LogP contribution in [0.15, 0.2) is 18.2 Å². The summed E-state index contributed by atoms with van der Waals surface area (Å²) in [6, 6.07) is 6.78. The highest BCUT2D eigenvalue weighted by Crippen LogP contribution is 2.35. The number of aromatic nitrogens is 2. The van der Waals surface area contributed by atoms with Crippen molar-refractivity contribution in [3.05, 3.63) is 23.8 Å². The van der Waals surface area contributed by atoms with E-state index in [-0.39, 0.29) is 0 Å². The highest BCUT2D eigenvalue weighted by atomic mass is 15.3. The molecular weight excluding hydrogens is 212 g/mol. The van der Waals surface area contributed by atoms with Gasteiger partial charge in [-0.15, -0.1) is 0 Å². The smallest absolute Gasteiger partial charge is 0.218 e. The molecule has 2 aromatic rings. The Morgan fingerprint density at radius 2 is 2.12 bits per heavy atom. The summed E-state index contributed by atoms with van der Waals surface area (Å²) < 4.78 is 2.29. The Labute approximate surface area is 101 Å². The molecule has 0 radical (unpaired) electrons. The van der Waals surface area contributed by atoms with E-state index < -0.39 is 0 Å². The standard InChI is InChI=1S/C13H18N4/c1-9-5-4-8-11-12(9)17(13(15-11)16-14)10-6-2-3-7-10/h4-5,8,10H,2-3,6-7,14H2,1H3,(H,15,16). The normalized spacial score (nSPS) is 16.8. The minimum atomic E-state index is 0.548. The maximum absolute atomic E-state index is 5.60. The molecule has 1 aliphatic rings. The molecule has 1 fully saturated rings. The number of imidazole rings is 1. The first-order valence-corrected chi connectivity index (χ1v) is 6.25. The van der Waals surface area contributed by atoms with Crippen LogP contribution in [0.3, 0.4) is 0 Å². The Bertz CT molecular complexity index is 538. The number of aryl methyl sites for hydroxylation is 1. The lowest BCUT2D eigenvalue weighted by Gasteiger charge is -2.16. The highest BCUT2D eigenvalue weighted by molar-refractivity contribution is 5.82. The molecule has 0 aliphatic heterocycles. The van der Waals surface area contributed by atoms with Crippen LogP contribution in [-0.4, -0.2) is 9.55 Å². The molecule has 0 saturated heterocycles. The molecule has 3 rings (SSSR count). The van der Waals surface area contributed by atoms with Crippen LogP contribution in [0.4, 0.5) is 5.95 Å². The molecule has 0 unspecified atom stereocenters. The zero-order valence-corrected chi connectivity index (χ0v) is 10.1. The maximum Gasteiger partial charge on any atom is 0.218 e. The van der Waals surface area contributed by atoms with E-state index in [1.165, 1.54) is 36.8 Å². The first kappa shape index (κ1) is 10.6. The number of nitrogens with one attached hydrogen (secondary N) is 1. The molecule has 1 aliphatic carbocycles. The Balaban J connectivity index is 2.24. The monoisotopic (exact) mass is 230 g/mol. The number of hydrazine groups is 1. The van der Waals surface area contributed by atoms with Crippen molar-refractivity contribution in [1.82, 2.24) is 9.55 Å². The van der Waals surface area contributed by atoms with Gasteiger partial charge in [0.2, 0.25) is 5.95 Å². The lowest BCUT2D eigenvalue weighted by Crippen LogP contribution is -2.15. The van der Waals surface area contributed by atoms with Crippen LogP contribution >= 0.6 is 0 Å². The zero-order valence-electron chi connectivity index (χ0n) is 10.1. The SMILES string of the molecule is Cc1cccc2nc(NN)n(C3CCCC3)c12. The van der Waals surface area contributed by atoms with Gasteiger partial charge in [-0.1, -0.05) is 25.0 Å². The quantitative estimate of drug-likeness (QED) is 0.616. The average Bonchev–Trinajstić information content (AvgIpc) is 2.95. The molecule has 0 amide bonds. The zero-order chi connectivity index (χ0) is 11.8. The predicted molar refractivity (Wildman–Crippen MR) is 69.8 cm³/mol. The van der Waals surface area contributed by atoms with E-state index in [4.69, 9.17) is 5.84 Å². The third kappa shape index (κ3) is 1.60. The van der Waals surface area contributed by atoms with Gasteiger partial charge >= 0.3 is 0 Å². The van der Waals surface area contributed by atoms with Crippen molar-refractivity contribution in [2.24, 2.45) is 5.84 Å². The molecular formula is C13H18N4. The fourth-order valence-electron chi connectivity index (χ4n) is 2.94. The van der Waals surface area contributed by atoms with E-state index in [2.05, 4.69) is 34.0 Å². The van der Waals surface area contributed by atoms with Crippen LogP contribution in [0.25, 0.3) is 11.0 Å². The van der Waals surface area contributed by atoms with Gasteiger partial charge in [-0.05, 0) is 31.4 Å². The number of nitrogens with two attached hydrogens (primary N) is 1. The van der Waals surface area contributed by atoms with Gasteiger partial charge in [0.25, 0.3) is 0 Å². The number of anilines is 1. The fraction of sp³-hybridized carbons (Fsp3) is 0.462. The molecule has 1 saturated carbocycles. The molecule has 0 spiro atoms. The second kappa shape index (κ2) is 4.04. The molecule has 4 nitrogen and oxygen atoms in total. The molecule has 0 bridgehead atoms. The van der Waals surface area contributed by atoms with E-state index in [1.807, 2.05) is 6.07 Å². The topological polar surface area (TPSA) is 55.9 Å². The third-order valence-electron chi connectivity index (χ3n) is 3.73. The lowest BCUT2D eigenvalue weighted by molar-refractivity contribution is 0.536. The van der Waals surface area contributed by atoms with Crippen LogP contribution in [0, 0.1) is 6.92 Å². The van der Waals surface area contributed by atoms with Gasteiger partial charge < -0.3 is 4.57 Å². The number of hydrogen-bond acceptors (Lipinski definition) is 3. The van der Waals surface area contributed by atoms with Crippen LogP contribution in [0.1, 0.15) is 37.3 Å². The summed E-state index contributed by atoms with van der Waals surface area (Å²) in [6.45, 7) is 2.13. The van der Waals surface area contributed by atoms with Crippen molar-refractivity contribution in [3.8, 4) is 0 Å². The second-order valence-electron chi connectivity index (χ2n) is 4.83. The summed E-state index contributed by atoms with van der Waals surface area (Å²) in [7, 11) is 0. The Kier molecular flexibility index (Phi) is 2.52.